The summed E-state index contributed by atoms with van der Waals surface area (Å²) in [4.78, 5) is 14.9. The highest BCUT2D eigenvalue weighted by molar-refractivity contribution is 8.26. The van der Waals surface area contributed by atoms with Crippen LogP contribution in [0.4, 0.5) is 0 Å². The molecule has 1 saturated heterocycles. The fourth-order valence-corrected chi connectivity index (χ4v) is 4.78. The largest absolute Gasteiger partial charge is 0.492 e. The van der Waals surface area contributed by atoms with Crippen molar-refractivity contribution in [1.82, 2.24) is 14.7 Å². The Morgan fingerprint density at radius 1 is 1.25 bits per heavy atom. The number of thiocarbonyl (C=S) groups is 1. The zero-order valence-corrected chi connectivity index (χ0v) is 19.7. The Hall–Kier alpha value is -2.87. The van der Waals surface area contributed by atoms with Crippen molar-refractivity contribution < 1.29 is 9.53 Å². The fraction of sp³-hybridized carbons (Fsp3) is 0.125. The van der Waals surface area contributed by atoms with Crippen molar-refractivity contribution in [3.8, 4) is 22.7 Å². The molecule has 1 aliphatic rings. The van der Waals surface area contributed by atoms with E-state index in [2.05, 4.69) is 6.58 Å². The van der Waals surface area contributed by atoms with Crippen LogP contribution in [-0.2, 0) is 4.79 Å². The van der Waals surface area contributed by atoms with E-state index in [-0.39, 0.29) is 5.91 Å². The molecule has 0 aliphatic carbocycles. The lowest BCUT2D eigenvalue weighted by atomic mass is 10.1. The number of halogens is 1. The number of hydrogen-bond donors (Lipinski definition) is 0. The molecule has 0 bridgehead atoms. The number of carbonyl (C=O) groups excluding carboxylic acids is 1. The first-order valence-electron chi connectivity index (χ1n) is 9.96. The number of benzene rings is 2. The molecule has 1 aliphatic heterocycles. The predicted octanol–water partition coefficient (Wildman–Crippen LogP) is 5.98. The van der Waals surface area contributed by atoms with E-state index in [1.54, 1.807) is 10.8 Å². The molecule has 1 aromatic heterocycles. The lowest BCUT2D eigenvalue weighted by molar-refractivity contribution is -0.121. The van der Waals surface area contributed by atoms with Crippen molar-refractivity contribution in [3.05, 3.63) is 82.9 Å². The number of hydrogen-bond acceptors (Lipinski definition) is 5. The quantitative estimate of drug-likeness (QED) is 0.236. The van der Waals surface area contributed by atoms with E-state index < -0.39 is 0 Å². The van der Waals surface area contributed by atoms with Crippen LogP contribution >= 0.6 is 35.6 Å². The van der Waals surface area contributed by atoms with Gasteiger partial charge in [0, 0.05) is 23.9 Å². The van der Waals surface area contributed by atoms with Crippen molar-refractivity contribution in [2.45, 2.75) is 6.92 Å². The van der Waals surface area contributed by atoms with Crippen LogP contribution in [0.2, 0.25) is 5.02 Å². The molecule has 3 aromatic rings. The molecule has 1 amide bonds. The van der Waals surface area contributed by atoms with Gasteiger partial charge in [0.2, 0.25) is 0 Å². The van der Waals surface area contributed by atoms with Gasteiger partial charge in [0.15, 0.2) is 0 Å². The van der Waals surface area contributed by atoms with Gasteiger partial charge in [-0.15, -0.1) is 6.58 Å². The summed E-state index contributed by atoms with van der Waals surface area (Å²) in [6.45, 7) is 6.52. The summed E-state index contributed by atoms with van der Waals surface area (Å²) in [5.41, 5.74) is 3.21. The Morgan fingerprint density at radius 3 is 2.72 bits per heavy atom. The molecular formula is C24H20ClN3O2S2. The Kier molecular flexibility index (Phi) is 6.79. The monoisotopic (exact) mass is 481 g/mol. The topological polar surface area (TPSA) is 47.4 Å². The van der Waals surface area contributed by atoms with E-state index in [4.69, 9.17) is 33.7 Å². The maximum absolute atomic E-state index is 12.8. The van der Waals surface area contributed by atoms with E-state index >= 15 is 0 Å². The van der Waals surface area contributed by atoms with E-state index in [0.717, 1.165) is 16.8 Å². The van der Waals surface area contributed by atoms with Crippen LogP contribution in [0.25, 0.3) is 23.0 Å². The van der Waals surface area contributed by atoms with Crippen molar-refractivity contribution in [3.63, 3.8) is 0 Å². The molecule has 0 N–H and O–H groups in total. The smallest absolute Gasteiger partial charge is 0.266 e. The molecule has 0 atom stereocenters. The number of rotatable bonds is 7. The first kappa shape index (κ1) is 22.3. The number of carbonyl (C=O) groups is 1. The maximum atomic E-state index is 12.8. The van der Waals surface area contributed by atoms with Crippen LogP contribution in [0.1, 0.15) is 12.5 Å². The Labute approximate surface area is 201 Å². The molecule has 1 fully saturated rings. The summed E-state index contributed by atoms with van der Waals surface area (Å²) >= 11 is 13.1. The summed E-state index contributed by atoms with van der Waals surface area (Å²) in [6, 6.07) is 15.3. The van der Waals surface area contributed by atoms with Crippen LogP contribution in [0.5, 0.6) is 5.75 Å². The maximum Gasteiger partial charge on any atom is 0.266 e. The van der Waals surface area contributed by atoms with Crippen molar-refractivity contribution in [2.24, 2.45) is 0 Å². The van der Waals surface area contributed by atoms with Gasteiger partial charge in [-0.3, -0.25) is 9.69 Å². The third-order valence-electron chi connectivity index (χ3n) is 4.74. The molecule has 2 aromatic carbocycles. The van der Waals surface area contributed by atoms with Gasteiger partial charge in [-0.25, -0.2) is 4.68 Å². The minimum absolute atomic E-state index is 0.136. The Bertz CT molecular complexity index is 1220. The first-order chi connectivity index (χ1) is 15.5. The molecule has 0 saturated carbocycles. The molecule has 0 unspecified atom stereocenters. The SMILES string of the molecule is C=CCN1C(=O)C(=Cc2cn(-c3ccccc3)nc2-c2ccc(OCC)c(Cl)c2)SC1=S. The number of para-hydroxylation sites is 1. The molecule has 8 heteroatoms. The molecule has 162 valence electrons. The van der Waals surface area contributed by atoms with Crippen LogP contribution < -0.4 is 4.74 Å². The number of aromatic nitrogens is 2. The number of ether oxygens (including phenoxy) is 1. The van der Waals surface area contributed by atoms with Crippen LogP contribution in [-0.4, -0.2) is 38.1 Å². The molecule has 32 heavy (non-hydrogen) atoms. The van der Waals surface area contributed by atoms with Crippen LogP contribution in [0, 0.1) is 0 Å². The molecule has 0 spiro atoms. The number of thioether (sulfide) groups is 1. The second-order valence-electron chi connectivity index (χ2n) is 6.87. The van der Waals surface area contributed by atoms with E-state index in [9.17, 15) is 4.79 Å². The van der Waals surface area contributed by atoms with Gasteiger partial charge < -0.3 is 4.74 Å². The molecule has 0 radical (unpaired) electrons. The van der Waals surface area contributed by atoms with Crippen LogP contribution in [0.3, 0.4) is 0 Å². The number of nitrogens with zero attached hydrogens (tertiary/aromatic N) is 3. The lowest BCUT2D eigenvalue weighted by Crippen LogP contribution is -2.27. The molecule has 5 nitrogen and oxygen atoms in total. The summed E-state index contributed by atoms with van der Waals surface area (Å²) in [5.74, 6) is 0.482. The van der Waals surface area contributed by atoms with Gasteiger partial charge in [0.25, 0.3) is 5.91 Å². The minimum Gasteiger partial charge on any atom is -0.492 e. The standard InChI is InChI=1S/C24H20ClN3O2S2/c1-3-12-27-23(29)21(32-24(27)31)14-17-15-28(18-8-6-5-7-9-18)26-22(17)16-10-11-20(30-4-2)19(25)13-16/h3,5-11,13-15H,1,4,12H2,2H3. The van der Waals surface area contributed by atoms with Crippen molar-refractivity contribution >= 4 is 51.9 Å². The van der Waals surface area contributed by atoms with Crippen molar-refractivity contribution in [1.29, 1.82) is 0 Å². The fourth-order valence-electron chi connectivity index (χ4n) is 3.28. The second-order valence-corrected chi connectivity index (χ2v) is 8.96. The summed E-state index contributed by atoms with van der Waals surface area (Å²) < 4.78 is 7.86. The summed E-state index contributed by atoms with van der Waals surface area (Å²) in [6.07, 6.45) is 5.39. The second kappa shape index (κ2) is 9.73. The third-order valence-corrected chi connectivity index (χ3v) is 6.41. The summed E-state index contributed by atoms with van der Waals surface area (Å²) in [5, 5.41) is 5.30. The van der Waals surface area contributed by atoms with Crippen LogP contribution in [0.15, 0.2) is 72.3 Å². The zero-order chi connectivity index (χ0) is 22.7. The Balaban J connectivity index is 1.80. The normalized spacial score (nSPS) is 14.9. The van der Waals surface area contributed by atoms with Gasteiger partial charge in [-0.05, 0) is 43.3 Å². The van der Waals surface area contributed by atoms with Crippen molar-refractivity contribution in [2.75, 3.05) is 13.2 Å². The van der Waals surface area contributed by atoms with Gasteiger partial charge >= 0.3 is 0 Å². The van der Waals surface area contributed by atoms with Gasteiger partial charge in [-0.1, -0.05) is 59.9 Å². The lowest BCUT2D eigenvalue weighted by Gasteiger charge is -2.10. The summed E-state index contributed by atoms with van der Waals surface area (Å²) in [7, 11) is 0. The highest BCUT2D eigenvalue weighted by Gasteiger charge is 2.31. The third kappa shape index (κ3) is 4.50. The molecule has 4 rings (SSSR count). The van der Waals surface area contributed by atoms with Gasteiger partial charge in [0.05, 0.1) is 22.2 Å². The van der Waals surface area contributed by atoms with E-state index in [0.29, 0.717) is 38.8 Å². The average molecular weight is 482 g/mol. The Morgan fingerprint density at radius 2 is 2.03 bits per heavy atom. The average Bonchev–Trinajstić information content (AvgIpc) is 3.33. The van der Waals surface area contributed by atoms with Gasteiger partial charge in [0.1, 0.15) is 15.8 Å². The van der Waals surface area contributed by atoms with E-state index in [1.165, 1.54) is 16.7 Å². The number of amides is 1. The van der Waals surface area contributed by atoms with E-state index in [1.807, 2.05) is 67.7 Å². The highest BCUT2D eigenvalue weighted by Crippen LogP contribution is 2.36. The molecular weight excluding hydrogens is 462 g/mol. The van der Waals surface area contributed by atoms with Gasteiger partial charge in [-0.2, -0.15) is 5.10 Å². The minimum atomic E-state index is -0.136. The predicted molar refractivity (Wildman–Crippen MR) is 135 cm³/mol. The highest BCUT2D eigenvalue weighted by atomic mass is 35.5. The zero-order valence-electron chi connectivity index (χ0n) is 17.3. The first-order valence-corrected chi connectivity index (χ1v) is 11.6. The molecule has 2 heterocycles.